The number of carbonyl (C=O) groups excluding carboxylic acids is 1. The summed E-state index contributed by atoms with van der Waals surface area (Å²) in [5.74, 6) is -0.428. The number of ether oxygens (including phenoxy) is 3. The van der Waals surface area contributed by atoms with Gasteiger partial charge >= 0.3 is 5.97 Å². The first-order valence-corrected chi connectivity index (χ1v) is 12.9. The third-order valence-electron chi connectivity index (χ3n) is 7.87. The number of aliphatic hydroxyl groups excluding tert-OH is 1. The molecule has 2 aliphatic heterocycles. The summed E-state index contributed by atoms with van der Waals surface area (Å²) >= 11 is 0. The standard InChI is InChI=1S/C28H34F2N2O5/c1-14(2)22-20-21(19-18(34)12-27(4,5)25(23(19)32-22)36-15(3)33)28(8-10-35-11-9-28)37-24(20)16-6-7-17(26(29)30)31-13-16/h6-7,13-14,18,24-26,34H,8-12H2,1-5H3. The van der Waals surface area contributed by atoms with Gasteiger partial charge in [0, 0.05) is 67.0 Å². The van der Waals surface area contributed by atoms with Crippen LogP contribution in [0.25, 0.3) is 0 Å². The van der Waals surface area contributed by atoms with Gasteiger partial charge in [0.15, 0.2) is 0 Å². The molecule has 3 aliphatic rings. The molecule has 0 bridgehead atoms. The van der Waals surface area contributed by atoms with Gasteiger partial charge in [0.2, 0.25) is 0 Å². The molecule has 2 aromatic heterocycles. The topological polar surface area (TPSA) is 90.8 Å². The Morgan fingerprint density at radius 2 is 1.89 bits per heavy atom. The van der Waals surface area contributed by atoms with Crippen LogP contribution in [0.3, 0.4) is 0 Å². The predicted molar refractivity (Wildman–Crippen MR) is 130 cm³/mol. The summed E-state index contributed by atoms with van der Waals surface area (Å²) in [6.07, 6.45) is -1.74. The molecule has 9 heteroatoms. The van der Waals surface area contributed by atoms with Crippen LogP contribution in [0, 0.1) is 5.41 Å². The molecule has 3 unspecified atom stereocenters. The average Bonchev–Trinajstić information content (AvgIpc) is 3.15. The number of halogens is 2. The molecule has 5 rings (SSSR count). The summed E-state index contributed by atoms with van der Waals surface area (Å²) in [7, 11) is 0. The molecular formula is C28H34F2N2O5. The van der Waals surface area contributed by atoms with Gasteiger partial charge in [0.25, 0.3) is 6.43 Å². The van der Waals surface area contributed by atoms with Crippen molar-refractivity contribution in [1.82, 2.24) is 9.97 Å². The van der Waals surface area contributed by atoms with Crippen LogP contribution in [0.4, 0.5) is 8.78 Å². The van der Waals surface area contributed by atoms with Crippen molar-refractivity contribution in [3.05, 3.63) is 57.7 Å². The van der Waals surface area contributed by atoms with Gasteiger partial charge in [-0.25, -0.2) is 8.78 Å². The highest BCUT2D eigenvalue weighted by molar-refractivity contribution is 5.67. The highest BCUT2D eigenvalue weighted by atomic mass is 19.3. The van der Waals surface area contributed by atoms with Crippen LogP contribution in [0.1, 0.15) is 124 Å². The molecule has 0 radical (unpaired) electrons. The van der Waals surface area contributed by atoms with Crippen molar-refractivity contribution < 1.29 is 32.9 Å². The SMILES string of the molecule is CC(=O)OC1c2nc(C(C)C)c3c(c2C(O)CC1(C)C)C1(CCOCC1)OC3c1ccc(C(F)F)nc1. The Morgan fingerprint density at radius 3 is 2.46 bits per heavy atom. The number of hydrogen-bond donors (Lipinski definition) is 1. The average molecular weight is 517 g/mol. The second kappa shape index (κ2) is 9.36. The number of fused-ring (bicyclic) bond motifs is 4. The summed E-state index contributed by atoms with van der Waals surface area (Å²) in [5, 5.41) is 11.5. The Hall–Kier alpha value is -2.49. The van der Waals surface area contributed by atoms with Gasteiger partial charge in [0.05, 0.1) is 17.4 Å². The fourth-order valence-corrected chi connectivity index (χ4v) is 6.19. The number of rotatable bonds is 4. The molecule has 1 spiro atoms. The third-order valence-corrected chi connectivity index (χ3v) is 7.87. The molecule has 7 nitrogen and oxygen atoms in total. The molecule has 0 aromatic carbocycles. The minimum absolute atomic E-state index is 0.0198. The van der Waals surface area contributed by atoms with Crippen LogP contribution in [0.5, 0.6) is 0 Å². The number of carbonyl (C=O) groups is 1. The summed E-state index contributed by atoms with van der Waals surface area (Å²) in [6.45, 7) is 10.4. The van der Waals surface area contributed by atoms with E-state index < -0.39 is 41.7 Å². The molecule has 4 heterocycles. The Kier molecular flexibility index (Phi) is 6.61. The highest BCUT2D eigenvalue weighted by Crippen LogP contribution is 2.59. The van der Waals surface area contributed by atoms with E-state index in [-0.39, 0.29) is 11.6 Å². The Bertz CT molecular complexity index is 1190. The van der Waals surface area contributed by atoms with Crippen molar-refractivity contribution in [2.75, 3.05) is 13.2 Å². The maximum absolute atomic E-state index is 13.2. The van der Waals surface area contributed by atoms with Crippen molar-refractivity contribution in [3.63, 3.8) is 0 Å². The molecule has 0 amide bonds. The molecule has 1 fully saturated rings. The van der Waals surface area contributed by atoms with Crippen molar-refractivity contribution >= 4 is 5.97 Å². The fourth-order valence-electron chi connectivity index (χ4n) is 6.19. The number of aliphatic hydroxyl groups is 1. The quantitative estimate of drug-likeness (QED) is 0.519. The second-order valence-electron chi connectivity index (χ2n) is 11.4. The molecular weight excluding hydrogens is 482 g/mol. The number of alkyl halides is 2. The van der Waals surface area contributed by atoms with Gasteiger partial charge in [0.1, 0.15) is 17.9 Å². The van der Waals surface area contributed by atoms with Gasteiger partial charge in [-0.3, -0.25) is 14.8 Å². The van der Waals surface area contributed by atoms with Crippen LogP contribution >= 0.6 is 0 Å². The maximum Gasteiger partial charge on any atom is 0.303 e. The van der Waals surface area contributed by atoms with Crippen molar-refractivity contribution in [1.29, 1.82) is 0 Å². The molecule has 0 saturated carbocycles. The van der Waals surface area contributed by atoms with E-state index in [9.17, 15) is 18.7 Å². The van der Waals surface area contributed by atoms with Gasteiger partial charge in [-0.2, -0.15) is 0 Å². The van der Waals surface area contributed by atoms with Crippen LogP contribution in [0.15, 0.2) is 18.3 Å². The largest absolute Gasteiger partial charge is 0.455 e. The number of aromatic nitrogens is 2. The Morgan fingerprint density at radius 1 is 1.19 bits per heavy atom. The second-order valence-corrected chi connectivity index (χ2v) is 11.4. The third kappa shape index (κ3) is 4.34. The predicted octanol–water partition coefficient (Wildman–Crippen LogP) is 5.73. The first kappa shape index (κ1) is 26.1. The fraction of sp³-hybridized carbons (Fsp3) is 0.607. The van der Waals surface area contributed by atoms with Crippen LogP contribution in [-0.2, 0) is 24.6 Å². The molecule has 3 atom stereocenters. The van der Waals surface area contributed by atoms with E-state index >= 15 is 0 Å². The zero-order valence-corrected chi connectivity index (χ0v) is 21.9. The van der Waals surface area contributed by atoms with Crippen LogP contribution < -0.4 is 0 Å². The number of nitrogens with zero attached hydrogens (tertiary/aromatic N) is 2. The van der Waals surface area contributed by atoms with E-state index in [1.807, 2.05) is 27.7 Å². The zero-order valence-electron chi connectivity index (χ0n) is 21.9. The number of hydrogen-bond acceptors (Lipinski definition) is 7. The molecule has 1 N–H and O–H groups in total. The summed E-state index contributed by atoms with van der Waals surface area (Å²) < 4.78 is 44.8. The first-order chi connectivity index (χ1) is 17.4. The van der Waals surface area contributed by atoms with Gasteiger partial charge < -0.3 is 19.3 Å². The highest BCUT2D eigenvalue weighted by Gasteiger charge is 2.54. The van der Waals surface area contributed by atoms with Gasteiger partial charge in [-0.05, 0) is 24.0 Å². The number of pyridine rings is 2. The van der Waals surface area contributed by atoms with Gasteiger partial charge in [-0.1, -0.05) is 33.8 Å². The lowest BCUT2D eigenvalue weighted by molar-refractivity contribution is -0.157. The zero-order chi connectivity index (χ0) is 26.7. The van der Waals surface area contributed by atoms with Gasteiger partial charge in [-0.15, -0.1) is 0 Å². The van der Waals surface area contributed by atoms with Crippen molar-refractivity contribution in [3.8, 4) is 0 Å². The number of esters is 1. The Balaban J connectivity index is 1.79. The molecule has 1 saturated heterocycles. The minimum atomic E-state index is -2.66. The van der Waals surface area contributed by atoms with E-state index in [0.29, 0.717) is 49.3 Å². The summed E-state index contributed by atoms with van der Waals surface area (Å²) in [5.41, 5.74) is 2.81. The normalized spacial score (nSPS) is 25.8. The van der Waals surface area contributed by atoms with Crippen molar-refractivity contribution in [2.45, 2.75) is 90.1 Å². The van der Waals surface area contributed by atoms with E-state index in [1.165, 1.54) is 19.2 Å². The first-order valence-electron chi connectivity index (χ1n) is 12.9. The maximum atomic E-state index is 13.2. The van der Waals surface area contributed by atoms with E-state index in [1.54, 1.807) is 6.07 Å². The lowest BCUT2D eigenvalue weighted by Crippen LogP contribution is -2.39. The molecule has 2 aromatic rings. The molecule has 1 aliphatic carbocycles. The summed E-state index contributed by atoms with van der Waals surface area (Å²) in [6, 6.07) is 2.96. The molecule has 37 heavy (non-hydrogen) atoms. The van der Waals surface area contributed by atoms with Crippen LogP contribution in [-0.4, -0.2) is 34.3 Å². The van der Waals surface area contributed by atoms with Crippen molar-refractivity contribution in [2.24, 2.45) is 5.41 Å². The van der Waals surface area contributed by atoms with E-state index in [2.05, 4.69) is 4.98 Å². The smallest absolute Gasteiger partial charge is 0.303 e. The van der Waals surface area contributed by atoms with Crippen LogP contribution in [0.2, 0.25) is 0 Å². The monoisotopic (exact) mass is 516 g/mol. The minimum Gasteiger partial charge on any atom is -0.455 e. The lowest BCUT2D eigenvalue weighted by Gasteiger charge is -2.43. The summed E-state index contributed by atoms with van der Waals surface area (Å²) in [4.78, 5) is 21.2. The van der Waals surface area contributed by atoms with E-state index in [4.69, 9.17) is 19.2 Å². The lowest BCUT2D eigenvalue weighted by atomic mass is 9.68. The molecule has 200 valence electrons. The Labute approximate surface area is 215 Å². The van der Waals surface area contributed by atoms with E-state index in [0.717, 1.165) is 16.8 Å².